The first-order valence-corrected chi connectivity index (χ1v) is 5.32. The van der Waals surface area contributed by atoms with Crippen LogP contribution in [0.1, 0.15) is 0 Å². The van der Waals surface area contributed by atoms with E-state index >= 15 is 0 Å². The Hall–Kier alpha value is -1.21. The predicted molar refractivity (Wildman–Crippen MR) is 47.3 cm³/mol. The van der Waals surface area contributed by atoms with Gasteiger partial charge in [0, 0.05) is 0 Å². The Bertz CT molecular complexity index is 455. The van der Waals surface area contributed by atoms with Gasteiger partial charge < -0.3 is 10.2 Å². The lowest BCUT2D eigenvalue weighted by atomic mass is 10.3. The minimum absolute atomic E-state index is 0.440. The summed E-state index contributed by atoms with van der Waals surface area (Å²) in [6.45, 7) is -1.80. The zero-order valence-corrected chi connectivity index (χ0v) is 8.21. The third-order valence-corrected chi connectivity index (χ3v) is 3.50. The summed E-state index contributed by atoms with van der Waals surface area (Å²) in [5.74, 6) is -0.440. The fraction of sp³-hybridized carbons (Fsp3) is 0.250. The number of aliphatic hydroxyl groups excluding tert-OH is 1. The zero-order chi connectivity index (χ0) is 11.7. The standard InChI is InChI=1S/C8H8F2O4S/c9-8(10,5-11)15(13,14)7-3-1-2-6(12)4-7/h1-4,11-12H,5H2. The number of hydrogen-bond donors (Lipinski definition) is 2. The zero-order valence-electron chi connectivity index (χ0n) is 7.39. The normalized spacial score (nSPS) is 12.7. The Labute approximate surface area is 84.7 Å². The second kappa shape index (κ2) is 3.74. The number of rotatable bonds is 3. The number of hydrogen-bond acceptors (Lipinski definition) is 4. The van der Waals surface area contributed by atoms with Crippen LogP contribution < -0.4 is 0 Å². The van der Waals surface area contributed by atoms with Crippen LogP contribution in [-0.2, 0) is 9.84 Å². The van der Waals surface area contributed by atoms with E-state index in [0.29, 0.717) is 6.07 Å². The third-order valence-electron chi connectivity index (χ3n) is 1.71. The number of sulfone groups is 1. The molecule has 7 heteroatoms. The van der Waals surface area contributed by atoms with E-state index in [-0.39, 0.29) is 0 Å². The summed E-state index contributed by atoms with van der Waals surface area (Å²) in [6, 6.07) is 3.88. The highest BCUT2D eigenvalue weighted by Gasteiger charge is 2.45. The van der Waals surface area contributed by atoms with Crippen LogP contribution in [0, 0.1) is 0 Å². The topological polar surface area (TPSA) is 74.6 Å². The Balaban J connectivity index is 3.30. The van der Waals surface area contributed by atoms with Gasteiger partial charge in [0.05, 0.1) is 4.90 Å². The van der Waals surface area contributed by atoms with E-state index in [4.69, 9.17) is 10.2 Å². The van der Waals surface area contributed by atoms with Crippen molar-refractivity contribution in [2.24, 2.45) is 0 Å². The highest BCUT2D eigenvalue weighted by atomic mass is 32.2. The van der Waals surface area contributed by atoms with Crippen molar-refractivity contribution >= 4 is 9.84 Å². The van der Waals surface area contributed by atoms with Gasteiger partial charge in [0.15, 0.2) is 0 Å². The molecule has 1 aromatic carbocycles. The number of phenolic OH excluding ortho intramolecular Hbond substituents is 1. The van der Waals surface area contributed by atoms with Crippen molar-refractivity contribution in [1.82, 2.24) is 0 Å². The first-order chi connectivity index (χ1) is 6.81. The van der Waals surface area contributed by atoms with Crippen molar-refractivity contribution in [2.45, 2.75) is 10.2 Å². The summed E-state index contributed by atoms with van der Waals surface area (Å²) in [5.41, 5.74) is 0. The first kappa shape index (κ1) is 11.9. The van der Waals surface area contributed by atoms with E-state index < -0.39 is 32.3 Å². The maximum absolute atomic E-state index is 12.8. The van der Waals surface area contributed by atoms with Crippen molar-refractivity contribution in [3.63, 3.8) is 0 Å². The van der Waals surface area contributed by atoms with E-state index in [2.05, 4.69) is 0 Å². The number of halogens is 2. The molecule has 0 heterocycles. The molecule has 0 bridgehead atoms. The molecule has 0 saturated carbocycles. The van der Waals surface area contributed by atoms with Crippen LogP contribution in [-0.4, -0.2) is 30.5 Å². The first-order valence-electron chi connectivity index (χ1n) is 3.83. The van der Waals surface area contributed by atoms with Gasteiger partial charge >= 0.3 is 5.25 Å². The highest BCUT2D eigenvalue weighted by Crippen LogP contribution is 2.29. The smallest absolute Gasteiger partial charge is 0.372 e. The second-order valence-electron chi connectivity index (χ2n) is 2.80. The van der Waals surface area contributed by atoms with Crippen LogP contribution in [0.4, 0.5) is 8.78 Å². The number of benzene rings is 1. The molecular weight excluding hydrogens is 230 g/mol. The van der Waals surface area contributed by atoms with Crippen LogP contribution in [0.15, 0.2) is 29.2 Å². The third kappa shape index (κ3) is 2.07. The van der Waals surface area contributed by atoms with Gasteiger partial charge in [-0.2, -0.15) is 8.78 Å². The maximum Gasteiger partial charge on any atom is 0.372 e. The molecule has 0 aromatic heterocycles. The molecule has 1 rings (SSSR count). The van der Waals surface area contributed by atoms with Crippen molar-refractivity contribution in [3.8, 4) is 5.75 Å². The Morgan fingerprint density at radius 3 is 2.40 bits per heavy atom. The lowest BCUT2D eigenvalue weighted by Gasteiger charge is -2.13. The van der Waals surface area contributed by atoms with Gasteiger partial charge in [-0.25, -0.2) is 8.42 Å². The molecule has 1 aromatic rings. The molecule has 0 aliphatic carbocycles. The summed E-state index contributed by atoms with van der Waals surface area (Å²) in [5, 5.41) is 13.0. The summed E-state index contributed by atoms with van der Waals surface area (Å²) >= 11 is 0. The molecule has 0 saturated heterocycles. The molecule has 2 N–H and O–H groups in total. The monoisotopic (exact) mass is 238 g/mol. The van der Waals surface area contributed by atoms with E-state index in [1.165, 1.54) is 0 Å². The van der Waals surface area contributed by atoms with E-state index in [9.17, 15) is 17.2 Å². The minimum atomic E-state index is -4.95. The molecule has 0 aliphatic rings. The van der Waals surface area contributed by atoms with Gasteiger partial charge in [0.1, 0.15) is 12.4 Å². The number of phenols is 1. The number of aromatic hydroxyl groups is 1. The average molecular weight is 238 g/mol. The molecule has 0 unspecified atom stereocenters. The minimum Gasteiger partial charge on any atom is -0.508 e. The van der Waals surface area contributed by atoms with Gasteiger partial charge in [0.25, 0.3) is 0 Å². The van der Waals surface area contributed by atoms with Gasteiger partial charge in [-0.05, 0) is 18.2 Å². The van der Waals surface area contributed by atoms with Crippen molar-refractivity contribution < 1.29 is 27.4 Å². The fourth-order valence-corrected chi connectivity index (χ4v) is 1.96. The molecular formula is C8H8F2O4S. The lowest BCUT2D eigenvalue weighted by molar-refractivity contribution is 0.0262. The predicted octanol–water partition coefficient (Wildman–Crippen LogP) is 0.751. The molecule has 0 fully saturated rings. The van der Waals surface area contributed by atoms with Gasteiger partial charge in [-0.1, -0.05) is 6.07 Å². The molecule has 0 amide bonds. The summed E-state index contributed by atoms with van der Waals surface area (Å²) < 4.78 is 48.1. The quantitative estimate of drug-likeness (QED) is 0.814. The summed E-state index contributed by atoms with van der Waals surface area (Å²) in [7, 11) is -4.95. The fourth-order valence-electron chi connectivity index (χ4n) is 0.908. The van der Waals surface area contributed by atoms with Crippen molar-refractivity contribution in [1.29, 1.82) is 0 Å². The van der Waals surface area contributed by atoms with Gasteiger partial charge in [0.2, 0.25) is 9.84 Å². The lowest BCUT2D eigenvalue weighted by Crippen LogP contribution is -2.32. The molecule has 15 heavy (non-hydrogen) atoms. The Morgan fingerprint density at radius 1 is 1.33 bits per heavy atom. The van der Waals surface area contributed by atoms with E-state index in [1.807, 2.05) is 0 Å². The van der Waals surface area contributed by atoms with Crippen molar-refractivity contribution in [2.75, 3.05) is 6.61 Å². The van der Waals surface area contributed by atoms with Crippen molar-refractivity contribution in [3.05, 3.63) is 24.3 Å². The Morgan fingerprint density at radius 2 is 1.93 bits per heavy atom. The molecule has 0 aliphatic heterocycles. The highest BCUT2D eigenvalue weighted by molar-refractivity contribution is 7.92. The molecule has 84 valence electrons. The molecule has 0 atom stereocenters. The van der Waals surface area contributed by atoms with Crippen LogP contribution in [0.2, 0.25) is 0 Å². The molecule has 4 nitrogen and oxygen atoms in total. The van der Waals surface area contributed by atoms with Gasteiger partial charge in [-0.3, -0.25) is 0 Å². The van der Waals surface area contributed by atoms with Gasteiger partial charge in [-0.15, -0.1) is 0 Å². The number of alkyl halides is 2. The number of aliphatic hydroxyl groups is 1. The molecule has 0 radical (unpaired) electrons. The van der Waals surface area contributed by atoms with E-state index in [0.717, 1.165) is 18.2 Å². The second-order valence-corrected chi connectivity index (χ2v) is 4.87. The summed E-state index contributed by atoms with van der Waals surface area (Å²) in [6.07, 6.45) is 0. The van der Waals surface area contributed by atoms with Crippen LogP contribution in [0.3, 0.4) is 0 Å². The average Bonchev–Trinajstić information content (AvgIpc) is 2.17. The SMILES string of the molecule is O=S(=O)(c1cccc(O)c1)C(F)(F)CO. The Kier molecular flexibility index (Phi) is 2.96. The van der Waals surface area contributed by atoms with E-state index in [1.54, 1.807) is 0 Å². The van der Waals surface area contributed by atoms with Crippen LogP contribution in [0.25, 0.3) is 0 Å². The maximum atomic E-state index is 12.8. The van der Waals surface area contributed by atoms with Crippen LogP contribution in [0.5, 0.6) is 5.75 Å². The van der Waals surface area contributed by atoms with Crippen LogP contribution >= 0.6 is 0 Å². The largest absolute Gasteiger partial charge is 0.508 e. The molecule has 0 spiro atoms. The summed E-state index contributed by atoms with van der Waals surface area (Å²) in [4.78, 5) is -0.735.